The maximum Gasteiger partial charge on any atom is 0.251 e. The molecule has 0 bridgehead atoms. The van der Waals surface area contributed by atoms with E-state index in [2.05, 4.69) is 29.4 Å². The Hall–Kier alpha value is -1.59. The summed E-state index contributed by atoms with van der Waals surface area (Å²) in [5.74, 6) is -0.0218. The third-order valence-electron chi connectivity index (χ3n) is 4.07. The molecule has 1 aliphatic rings. The van der Waals surface area contributed by atoms with Gasteiger partial charge in [-0.25, -0.2) is 0 Å². The van der Waals surface area contributed by atoms with Crippen LogP contribution in [0, 0.1) is 0 Å². The van der Waals surface area contributed by atoms with Crippen molar-refractivity contribution in [3.8, 4) is 0 Å². The standard InChI is InChI=1S/C18H29N3O2/c1-14(2)20-16-6-3-5-15(13-16)18(23)19-9-4-10-21-11-7-17(22)8-12-21/h3,5-6,13-14,17,20,22H,4,7-12H2,1-2H3,(H,19,23). The first-order chi connectivity index (χ1) is 11.0. The summed E-state index contributed by atoms with van der Waals surface area (Å²) in [6.45, 7) is 7.72. The van der Waals surface area contributed by atoms with E-state index in [9.17, 15) is 9.90 Å². The van der Waals surface area contributed by atoms with E-state index in [0.29, 0.717) is 18.2 Å². The first kappa shape index (κ1) is 17.8. The maximum absolute atomic E-state index is 12.2. The Morgan fingerprint density at radius 1 is 1.35 bits per heavy atom. The summed E-state index contributed by atoms with van der Waals surface area (Å²) >= 11 is 0. The minimum Gasteiger partial charge on any atom is -0.393 e. The number of carbonyl (C=O) groups excluding carboxylic acids is 1. The molecule has 5 heteroatoms. The monoisotopic (exact) mass is 319 g/mol. The van der Waals surface area contributed by atoms with E-state index >= 15 is 0 Å². The van der Waals surface area contributed by atoms with Gasteiger partial charge in [0.2, 0.25) is 0 Å². The zero-order valence-corrected chi connectivity index (χ0v) is 14.2. The fraction of sp³-hybridized carbons (Fsp3) is 0.611. The minimum absolute atomic E-state index is 0.0218. The molecule has 1 saturated heterocycles. The fourth-order valence-electron chi connectivity index (χ4n) is 2.83. The second-order valence-electron chi connectivity index (χ2n) is 6.56. The van der Waals surface area contributed by atoms with E-state index in [0.717, 1.165) is 44.6 Å². The summed E-state index contributed by atoms with van der Waals surface area (Å²) in [4.78, 5) is 14.5. The summed E-state index contributed by atoms with van der Waals surface area (Å²) in [5, 5.41) is 15.8. The van der Waals surface area contributed by atoms with Crippen molar-refractivity contribution in [3.05, 3.63) is 29.8 Å². The van der Waals surface area contributed by atoms with Crippen LogP contribution in [-0.4, -0.2) is 54.2 Å². The molecular formula is C18H29N3O2. The molecule has 0 aromatic heterocycles. The van der Waals surface area contributed by atoms with Crippen molar-refractivity contribution in [2.75, 3.05) is 31.5 Å². The van der Waals surface area contributed by atoms with Crippen LogP contribution in [0.15, 0.2) is 24.3 Å². The number of aliphatic hydroxyl groups excluding tert-OH is 1. The van der Waals surface area contributed by atoms with Gasteiger partial charge in [0.15, 0.2) is 0 Å². The molecule has 0 unspecified atom stereocenters. The summed E-state index contributed by atoms with van der Waals surface area (Å²) in [6, 6.07) is 7.95. The quantitative estimate of drug-likeness (QED) is 0.673. The van der Waals surface area contributed by atoms with Crippen LogP contribution in [0.25, 0.3) is 0 Å². The molecule has 1 heterocycles. The van der Waals surface area contributed by atoms with Gasteiger partial charge in [-0.15, -0.1) is 0 Å². The van der Waals surface area contributed by atoms with Crippen molar-refractivity contribution >= 4 is 11.6 Å². The summed E-state index contributed by atoms with van der Waals surface area (Å²) in [5.41, 5.74) is 1.66. The predicted molar refractivity (Wildman–Crippen MR) is 93.8 cm³/mol. The first-order valence-corrected chi connectivity index (χ1v) is 8.60. The highest BCUT2D eigenvalue weighted by Crippen LogP contribution is 2.12. The van der Waals surface area contributed by atoms with Crippen LogP contribution in [0.3, 0.4) is 0 Å². The molecule has 3 N–H and O–H groups in total. The highest BCUT2D eigenvalue weighted by molar-refractivity contribution is 5.95. The average molecular weight is 319 g/mol. The number of anilines is 1. The molecule has 23 heavy (non-hydrogen) atoms. The molecule has 0 spiro atoms. The van der Waals surface area contributed by atoms with Gasteiger partial charge < -0.3 is 20.6 Å². The second kappa shape index (κ2) is 8.89. The topological polar surface area (TPSA) is 64.6 Å². The lowest BCUT2D eigenvalue weighted by atomic mass is 10.1. The number of hydrogen-bond donors (Lipinski definition) is 3. The molecule has 1 amide bonds. The maximum atomic E-state index is 12.2. The predicted octanol–water partition coefficient (Wildman–Crippen LogP) is 2.08. The summed E-state index contributed by atoms with van der Waals surface area (Å²) < 4.78 is 0. The van der Waals surface area contributed by atoms with Gasteiger partial charge >= 0.3 is 0 Å². The highest BCUT2D eigenvalue weighted by Gasteiger charge is 2.16. The Balaban J connectivity index is 1.70. The molecule has 1 aromatic carbocycles. The number of nitrogens with zero attached hydrogens (tertiary/aromatic N) is 1. The third-order valence-corrected chi connectivity index (χ3v) is 4.07. The lowest BCUT2D eigenvalue weighted by Gasteiger charge is -2.29. The number of rotatable bonds is 7. The van der Waals surface area contributed by atoms with Crippen molar-refractivity contribution in [2.45, 2.75) is 45.3 Å². The van der Waals surface area contributed by atoms with Crippen LogP contribution in [-0.2, 0) is 0 Å². The van der Waals surface area contributed by atoms with Crippen LogP contribution in [0.4, 0.5) is 5.69 Å². The molecular weight excluding hydrogens is 290 g/mol. The highest BCUT2D eigenvalue weighted by atomic mass is 16.3. The largest absolute Gasteiger partial charge is 0.393 e. The lowest BCUT2D eigenvalue weighted by Crippen LogP contribution is -2.37. The first-order valence-electron chi connectivity index (χ1n) is 8.60. The van der Waals surface area contributed by atoms with Crippen LogP contribution >= 0.6 is 0 Å². The SMILES string of the molecule is CC(C)Nc1cccc(C(=O)NCCCN2CCC(O)CC2)c1. The number of nitrogens with one attached hydrogen (secondary N) is 2. The fourth-order valence-corrected chi connectivity index (χ4v) is 2.83. The van der Waals surface area contributed by atoms with Gasteiger partial charge in [0.1, 0.15) is 0 Å². The van der Waals surface area contributed by atoms with Gasteiger partial charge in [-0.05, 0) is 57.9 Å². The number of likely N-dealkylation sites (tertiary alicyclic amines) is 1. The van der Waals surface area contributed by atoms with Crippen molar-refractivity contribution in [1.82, 2.24) is 10.2 Å². The number of carbonyl (C=O) groups is 1. The normalized spacial score (nSPS) is 16.5. The Bertz CT molecular complexity index is 497. The molecule has 2 rings (SSSR count). The van der Waals surface area contributed by atoms with Gasteiger partial charge in [-0.2, -0.15) is 0 Å². The van der Waals surface area contributed by atoms with E-state index in [1.807, 2.05) is 24.3 Å². The van der Waals surface area contributed by atoms with E-state index in [4.69, 9.17) is 0 Å². The van der Waals surface area contributed by atoms with Crippen molar-refractivity contribution in [2.24, 2.45) is 0 Å². The molecule has 5 nitrogen and oxygen atoms in total. The van der Waals surface area contributed by atoms with Crippen molar-refractivity contribution in [1.29, 1.82) is 0 Å². The Morgan fingerprint density at radius 2 is 2.09 bits per heavy atom. The molecule has 0 radical (unpaired) electrons. The second-order valence-corrected chi connectivity index (χ2v) is 6.56. The van der Waals surface area contributed by atoms with Gasteiger partial charge in [-0.3, -0.25) is 4.79 Å². The lowest BCUT2D eigenvalue weighted by molar-refractivity contribution is 0.0816. The Labute approximate surface area is 139 Å². The van der Waals surface area contributed by atoms with Crippen LogP contribution in [0.1, 0.15) is 43.5 Å². The van der Waals surface area contributed by atoms with Gasteiger partial charge in [0.05, 0.1) is 6.10 Å². The number of benzene rings is 1. The van der Waals surface area contributed by atoms with E-state index in [-0.39, 0.29) is 12.0 Å². The summed E-state index contributed by atoms with van der Waals surface area (Å²) in [6.07, 6.45) is 2.54. The Kier molecular flexibility index (Phi) is 6.86. The number of piperidine rings is 1. The van der Waals surface area contributed by atoms with Gasteiger partial charge in [0.25, 0.3) is 5.91 Å². The Morgan fingerprint density at radius 3 is 2.78 bits per heavy atom. The molecule has 0 saturated carbocycles. The molecule has 1 aromatic rings. The van der Waals surface area contributed by atoms with Crippen molar-refractivity contribution in [3.63, 3.8) is 0 Å². The molecule has 0 atom stereocenters. The van der Waals surface area contributed by atoms with Crippen LogP contribution in [0.2, 0.25) is 0 Å². The van der Waals surface area contributed by atoms with E-state index in [1.54, 1.807) is 0 Å². The molecule has 128 valence electrons. The van der Waals surface area contributed by atoms with E-state index in [1.165, 1.54) is 0 Å². The molecule has 1 aliphatic heterocycles. The van der Waals surface area contributed by atoms with Crippen molar-refractivity contribution < 1.29 is 9.90 Å². The third kappa shape index (κ3) is 6.20. The zero-order chi connectivity index (χ0) is 16.7. The van der Waals surface area contributed by atoms with E-state index < -0.39 is 0 Å². The van der Waals surface area contributed by atoms with Gasteiger partial charge in [-0.1, -0.05) is 6.07 Å². The average Bonchev–Trinajstić information content (AvgIpc) is 2.52. The number of aliphatic hydroxyl groups is 1. The number of hydrogen-bond acceptors (Lipinski definition) is 4. The van der Waals surface area contributed by atoms with Crippen LogP contribution in [0.5, 0.6) is 0 Å². The molecule has 0 aliphatic carbocycles. The minimum atomic E-state index is -0.127. The summed E-state index contributed by atoms with van der Waals surface area (Å²) in [7, 11) is 0. The number of amides is 1. The van der Waals surface area contributed by atoms with Gasteiger partial charge in [0, 0.05) is 36.9 Å². The van der Waals surface area contributed by atoms with Crippen LogP contribution < -0.4 is 10.6 Å². The zero-order valence-electron chi connectivity index (χ0n) is 14.2. The molecule has 1 fully saturated rings. The smallest absolute Gasteiger partial charge is 0.251 e.